The summed E-state index contributed by atoms with van der Waals surface area (Å²) in [5.74, 6) is -0.833. The number of carboxylic acids is 1. The van der Waals surface area contributed by atoms with Crippen LogP contribution in [0.2, 0.25) is 0 Å². The molecule has 54 valence electrons. The molecule has 4 nitrogen and oxygen atoms in total. The fraction of sp³-hybridized carbons (Fsp3) is 0.250. The number of carbonyl (C=O) groups is 1. The first-order chi connectivity index (χ1) is 3.73. The molecule has 0 heterocycles. The van der Waals surface area contributed by atoms with Crippen molar-refractivity contribution in [3.63, 3.8) is 0 Å². The van der Waals surface area contributed by atoms with Gasteiger partial charge in [-0.25, -0.2) is 0 Å². The molecule has 0 atom stereocenters. The number of carbonyl (C=O) groups excluding carboxylic acids is 2. The molecule has 0 unspecified atom stereocenters. The maximum Gasteiger partial charge on any atom is 2.00 e. The molecule has 0 saturated carbocycles. The van der Waals surface area contributed by atoms with E-state index in [1.54, 1.807) is 0 Å². The van der Waals surface area contributed by atoms with Crippen LogP contribution >= 0.6 is 0 Å². The Morgan fingerprint density at radius 2 is 1.22 bits per heavy atom. The van der Waals surface area contributed by atoms with Gasteiger partial charge in [-0.1, -0.05) is 0 Å². The van der Waals surface area contributed by atoms with Gasteiger partial charge in [-0.2, -0.15) is 0 Å². The van der Waals surface area contributed by atoms with Gasteiger partial charge in [0.05, 0.1) is 0 Å². The largest absolute Gasteiger partial charge is 2.00 e. The van der Waals surface area contributed by atoms with Crippen molar-refractivity contribution < 1.29 is 39.0 Å². The van der Waals surface area contributed by atoms with Gasteiger partial charge in [-0.15, -0.1) is 0 Å². The molecule has 0 bridgehead atoms. The first-order valence-electron chi connectivity index (χ1n) is 1.40. The summed E-state index contributed by atoms with van der Waals surface area (Å²) in [4.78, 5) is 24.5. The van der Waals surface area contributed by atoms with Crippen molar-refractivity contribution in [2.24, 2.45) is 0 Å². The van der Waals surface area contributed by atoms with Gasteiger partial charge in [0.2, 0.25) is 0 Å². The van der Waals surface area contributed by atoms with Crippen molar-refractivity contribution in [2.75, 3.05) is 0 Å². The topological polar surface area (TPSA) is 71.4 Å². The van der Waals surface area contributed by atoms with Crippen LogP contribution in [-0.4, -0.2) is 24.7 Å². The Kier molecular flexibility index (Phi) is 137. The van der Waals surface area contributed by atoms with E-state index < -0.39 is 5.97 Å². The smallest absolute Gasteiger partial charge is 0.545 e. The van der Waals surface area contributed by atoms with Crippen LogP contribution in [0.4, 0.5) is 0 Å². The van der Waals surface area contributed by atoms with Crippen LogP contribution < -0.4 is 0 Å². The molecular formula is C4H6O4Ru. The molecule has 0 aliphatic heterocycles. The van der Waals surface area contributed by atoms with Gasteiger partial charge in [-0.05, 0) is 0 Å². The molecule has 0 saturated heterocycles. The standard InChI is InChI=1S/C2H4O2.2CHO.Ru/c1-2(3)4;2*1-2;/h1H3,(H,3,4);2*1H;/q;2*-1;+2. The van der Waals surface area contributed by atoms with E-state index in [4.69, 9.17) is 19.5 Å². The summed E-state index contributed by atoms with van der Waals surface area (Å²) in [6, 6.07) is 0. The van der Waals surface area contributed by atoms with Gasteiger partial charge in [0.1, 0.15) is 0 Å². The monoisotopic (exact) mass is 220 g/mol. The summed E-state index contributed by atoms with van der Waals surface area (Å²) in [7, 11) is 0. The summed E-state index contributed by atoms with van der Waals surface area (Å²) in [5, 5.41) is 7.42. The van der Waals surface area contributed by atoms with Gasteiger partial charge in [-0.3, -0.25) is 18.4 Å². The van der Waals surface area contributed by atoms with E-state index in [9.17, 15) is 0 Å². The molecule has 0 fully saturated rings. The van der Waals surface area contributed by atoms with E-state index in [1.807, 2.05) is 0 Å². The number of hydrogen-bond acceptors (Lipinski definition) is 3. The minimum Gasteiger partial charge on any atom is -0.545 e. The molecule has 0 spiro atoms. The molecule has 0 aliphatic rings. The molecule has 0 radical (unpaired) electrons. The van der Waals surface area contributed by atoms with E-state index in [0.29, 0.717) is 0 Å². The number of rotatable bonds is 0. The predicted octanol–water partition coefficient (Wildman–Crippen LogP) is -0.460. The van der Waals surface area contributed by atoms with E-state index in [2.05, 4.69) is 13.6 Å². The third-order valence-corrected chi connectivity index (χ3v) is 0. The van der Waals surface area contributed by atoms with Crippen LogP contribution in [0.3, 0.4) is 0 Å². The van der Waals surface area contributed by atoms with Crippen molar-refractivity contribution in [2.45, 2.75) is 6.92 Å². The van der Waals surface area contributed by atoms with Crippen molar-refractivity contribution in [3.05, 3.63) is 0 Å². The third kappa shape index (κ3) is 683. The average molecular weight is 219 g/mol. The quantitative estimate of drug-likeness (QED) is 0.340. The van der Waals surface area contributed by atoms with Crippen molar-refractivity contribution in [3.8, 4) is 0 Å². The zero-order valence-electron chi connectivity index (χ0n) is 4.68. The molecular weight excluding hydrogens is 213 g/mol. The molecule has 9 heavy (non-hydrogen) atoms. The van der Waals surface area contributed by atoms with Crippen molar-refractivity contribution in [1.29, 1.82) is 0 Å². The summed E-state index contributed by atoms with van der Waals surface area (Å²) < 4.78 is 0. The Morgan fingerprint density at radius 1 is 1.22 bits per heavy atom. The van der Waals surface area contributed by atoms with Gasteiger partial charge in [0, 0.05) is 6.92 Å². The Morgan fingerprint density at radius 3 is 1.22 bits per heavy atom. The molecule has 0 aromatic heterocycles. The fourth-order valence-electron chi connectivity index (χ4n) is 0. The van der Waals surface area contributed by atoms with Gasteiger partial charge >= 0.3 is 19.5 Å². The number of aliphatic carboxylic acids is 1. The normalized spacial score (nSPS) is 3.67. The second-order valence-electron chi connectivity index (χ2n) is 0.519. The second-order valence-corrected chi connectivity index (χ2v) is 0.519. The zero-order chi connectivity index (χ0) is 7.58. The summed E-state index contributed by atoms with van der Waals surface area (Å²) in [5.41, 5.74) is 0. The van der Waals surface area contributed by atoms with Crippen LogP contribution in [-0.2, 0) is 33.9 Å². The van der Waals surface area contributed by atoms with E-state index in [1.165, 1.54) is 0 Å². The minimum atomic E-state index is -0.833. The summed E-state index contributed by atoms with van der Waals surface area (Å²) in [6.07, 6.45) is 0. The molecule has 0 aliphatic carbocycles. The molecule has 5 heteroatoms. The predicted molar refractivity (Wildman–Crippen MR) is 26.8 cm³/mol. The van der Waals surface area contributed by atoms with Crippen LogP contribution in [0, 0.1) is 0 Å². The van der Waals surface area contributed by atoms with Crippen LogP contribution in [0.5, 0.6) is 0 Å². The van der Waals surface area contributed by atoms with E-state index >= 15 is 0 Å². The Labute approximate surface area is 66.0 Å². The summed E-state index contributed by atoms with van der Waals surface area (Å²) in [6.45, 7) is 7.58. The van der Waals surface area contributed by atoms with Gasteiger partial charge in [0.15, 0.2) is 0 Å². The van der Waals surface area contributed by atoms with Crippen molar-refractivity contribution >= 4 is 19.5 Å². The maximum atomic E-state index is 9.00. The number of carboxylic acid groups (broad SMARTS) is 1. The van der Waals surface area contributed by atoms with Gasteiger partial charge in [0.25, 0.3) is 5.97 Å². The van der Waals surface area contributed by atoms with Crippen LogP contribution in [0.25, 0.3) is 0 Å². The zero-order valence-corrected chi connectivity index (χ0v) is 6.42. The number of hydrogen-bond donors (Lipinski definition) is 1. The molecule has 1 N–H and O–H groups in total. The molecule has 0 aromatic rings. The molecule has 0 amide bonds. The fourth-order valence-corrected chi connectivity index (χ4v) is 0. The van der Waals surface area contributed by atoms with Crippen LogP contribution in [0.1, 0.15) is 6.92 Å². The first kappa shape index (κ1) is 23.7. The molecule has 0 rings (SSSR count). The molecule has 0 aromatic carbocycles. The van der Waals surface area contributed by atoms with Gasteiger partial charge < -0.3 is 14.7 Å². The Hall–Kier alpha value is -0.567. The second kappa shape index (κ2) is 52.0. The van der Waals surface area contributed by atoms with Crippen molar-refractivity contribution in [1.82, 2.24) is 0 Å². The average Bonchev–Trinajstić information content (AvgIpc) is 1.75. The van der Waals surface area contributed by atoms with E-state index in [-0.39, 0.29) is 19.5 Å². The summed E-state index contributed by atoms with van der Waals surface area (Å²) >= 11 is 0. The first-order valence-corrected chi connectivity index (χ1v) is 1.40. The van der Waals surface area contributed by atoms with E-state index in [0.717, 1.165) is 6.92 Å². The SMILES string of the molecule is CC(=O)O.[CH-]=O.[CH-]=O.[Ru+2]. The Balaban J connectivity index is -0.0000000221. The Bertz CT molecular complexity index is 50.5. The third-order valence-electron chi connectivity index (χ3n) is 0. The minimum absolute atomic E-state index is 0. The van der Waals surface area contributed by atoms with Crippen LogP contribution in [0.15, 0.2) is 0 Å². The maximum absolute atomic E-state index is 9.00.